The Morgan fingerprint density at radius 3 is 2.28 bits per heavy atom. The number of ketones is 1. The number of carbonyl (C=O) groups is 3. The predicted octanol–water partition coefficient (Wildman–Crippen LogP) is 3.00. The van der Waals surface area contributed by atoms with Gasteiger partial charge in [-0.3, -0.25) is 14.4 Å². The normalized spacial score (nSPS) is 11.2. The fourth-order valence-electron chi connectivity index (χ4n) is 2.86. The Balaban J connectivity index is 1.85. The third-order valence-electron chi connectivity index (χ3n) is 4.55. The number of amides is 1. The number of rotatable bonds is 11. The van der Waals surface area contributed by atoms with Gasteiger partial charge in [-0.2, -0.15) is 4.31 Å². The summed E-state index contributed by atoms with van der Waals surface area (Å²) in [5.74, 6) is -2.21. The largest absolute Gasteiger partial charge is 0.456 e. The summed E-state index contributed by atoms with van der Waals surface area (Å²) in [5.41, 5.74) is 0.516. The molecule has 1 N–H and O–H groups in total. The lowest BCUT2D eigenvalue weighted by atomic mass is 10.1. The second kappa shape index (κ2) is 11.5. The van der Waals surface area contributed by atoms with Gasteiger partial charge in [-0.25, -0.2) is 12.8 Å². The lowest BCUT2D eigenvalue weighted by Gasteiger charge is -2.18. The fraction of sp³-hybridized carbons (Fsp3) is 0.318. The van der Waals surface area contributed by atoms with Crippen LogP contribution in [0.2, 0.25) is 0 Å². The highest BCUT2D eigenvalue weighted by atomic mass is 32.2. The first kappa shape index (κ1) is 25.2. The summed E-state index contributed by atoms with van der Waals surface area (Å²) in [7, 11) is -3.68. The maximum atomic E-state index is 12.9. The third kappa shape index (κ3) is 6.96. The zero-order valence-electron chi connectivity index (χ0n) is 17.8. The summed E-state index contributed by atoms with van der Waals surface area (Å²) in [6.45, 7) is 3.50. The summed E-state index contributed by atoms with van der Waals surface area (Å²) in [6, 6.07) is 10.7. The van der Waals surface area contributed by atoms with Crippen molar-refractivity contribution >= 4 is 33.4 Å². The predicted molar refractivity (Wildman–Crippen MR) is 116 cm³/mol. The molecule has 1 amide bonds. The van der Waals surface area contributed by atoms with E-state index in [0.717, 1.165) is 12.1 Å². The van der Waals surface area contributed by atoms with Crippen molar-refractivity contribution in [2.24, 2.45) is 0 Å². The molecular weight excluding hydrogens is 439 g/mol. The molecule has 0 saturated heterocycles. The third-order valence-corrected chi connectivity index (χ3v) is 6.59. The number of nitrogens with one attached hydrogen (secondary N) is 1. The molecule has 0 aromatic heterocycles. The van der Waals surface area contributed by atoms with Gasteiger partial charge in [0.2, 0.25) is 10.0 Å². The Morgan fingerprint density at radius 1 is 1.00 bits per heavy atom. The minimum absolute atomic E-state index is 0.0373. The number of nitrogens with zero attached hydrogens (tertiary/aromatic N) is 1. The zero-order chi connectivity index (χ0) is 23.7. The first-order valence-electron chi connectivity index (χ1n) is 10.0. The molecule has 0 aliphatic rings. The second-order valence-electron chi connectivity index (χ2n) is 6.76. The molecule has 2 aromatic carbocycles. The first-order valence-corrected chi connectivity index (χ1v) is 11.5. The Morgan fingerprint density at radius 2 is 1.66 bits per heavy atom. The van der Waals surface area contributed by atoms with Crippen molar-refractivity contribution in [2.45, 2.75) is 31.6 Å². The maximum Gasteiger partial charge on any atom is 0.306 e. The smallest absolute Gasteiger partial charge is 0.306 e. The van der Waals surface area contributed by atoms with Gasteiger partial charge in [0.15, 0.2) is 12.4 Å². The van der Waals surface area contributed by atoms with Crippen molar-refractivity contribution in [1.29, 1.82) is 0 Å². The summed E-state index contributed by atoms with van der Waals surface area (Å²) in [5, 5.41) is 2.48. The number of hydrogen-bond donors (Lipinski definition) is 1. The van der Waals surface area contributed by atoms with Crippen LogP contribution in [0.1, 0.15) is 37.0 Å². The molecule has 2 aromatic rings. The molecule has 0 atom stereocenters. The van der Waals surface area contributed by atoms with Crippen LogP contribution in [0.3, 0.4) is 0 Å². The second-order valence-corrected chi connectivity index (χ2v) is 8.69. The number of hydrogen-bond acceptors (Lipinski definition) is 6. The molecule has 0 fully saturated rings. The molecule has 0 unspecified atom stereocenters. The lowest BCUT2D eigenvalue weighted by Crippen LogP contribution is -2.30. The average Bonchev–Trinajstić information content (AvgIpc) is 2.77. The van der Waals surface area contributed by atoms with Crippen molar-refractivity contribution < 1.29 is 31.9 Å². The number of Topliss-reactive ketones (excluding diaryl/α,β-unsaturated/α-hetero) is 1. The molecule has 0 spiro atoms. The van der Waals surface area contributed by atoms with Crippen LogP contribution in [0, 0.1) is 5.82 Å². The number of anilines is 1. The van der Waals surface area contributed by atoms with Gasteiger partial charge in [0.1, 0.15) is 5.82 Å². The van der Waals surface area contributed by atoms with Crippen LogP contribution >= 0.6 is 0 Å². The fourth-order valence-corrected chi connectivity index (χ4v) is 4.36. The van der Waals surface area contributed by atoms with Crippen molar-refractivity contribution in [3.63, 3.8) is 0 Å². The van der Waals surface area contributed by atoms with E-state index < -0.39 is 34.3 Å². The Bertz CT molecular complexity index is 1070. The van der Waals surface area contributed by atoms with E-state index in [-0.39, 0.29) is 34.8 Å². The average molecular weight is 465 g/mol. The molecule has 0 radical (unpaired) electrons. The molecular formula is C22H25FN2O6S. The summed E-state index contributed by atoms with van der Waals surface area (Å²) < 4.78 is 44.2. The van der Waals surface area contributed by atoms with Gasteiger partial charge in [0.05, 0.1) is 11.3 Å². The van der Waals surface area contributed by atoms with Crippen LogP contribution in [0.4, 0.5) is 10.1 Å². The van der Waals surface area contributed by atoms with E-state index in [4.69, 9.17) is 4.74 Å². The van der Waals surface area contributed by atoms with E-state index in [1.54, 1.807) is 13.8 Å². The highest BCUT2D eigenvalue weighted by Gasteiger charge is 2.22. The van der Waals surface area contributed by atoms with E-state index in [1.807, 2.05) is 0 Å². The monoisotopic (exact) mass is 464 g/mol. The molecule has 2 rings (SSSR count). The summed E-state index contributed by atoms with van der Waals surface area (Å²) >= 11 is 0. The van der Waals surface area contributed by atoms with E-state index in [9.17, 15) is 27.2 Å². The SMILES string of the molecule is CCN(CC)S(=O)(=O)c1cccc(NC(=O)COC(=O)CCC(=O)c2ccc(F)cc2)c1. The molecule has 0 saturated carbocycles. The Hall–Kier alpha value is -3.11. The molecule has 32 heavy (non-hydrogen) atoms. The molecule has 0 bridgehead atoms. The van der Waals surface area contributed by atoms with Gasteiger partial charge in [-0.15, -0.1) is 0 Å². The molecule has 0 aliphatic heterocycles. The van der Waals surface area contributed by atoms with Crippen LogP contribution in [0.15, 0.2) is 53.4 Å². The Kier molecular flexibility index (Phi) is 9.03. The minimum atomic E-state index is -3.68. The van der Waals surface area contributed by atoms with Crippen molar-refractivity contribution in [3.05, 3.63) is 59.9 Å². The highest BCUT2D eigenvalue weighted by molar-refractivity contribution is 7.89. The van der Waals surface area contributed by atoms with E-state index in [1.165, 1.54) is 40.7 Å². The lowest BCUT2D eigenvalue weighted by molar-refractivity contribution is -0.147. The molecule has 8 nitrogen and oxygen atoms in total. The van der Waals surface area contributed by atoms with Crippen LogP contribution in [-0.4, -0.2) is 50.1 Å². The number of esters is 1. The molecule has 172 valence electrons. The number of halogens is 1. The molecule has 0 aliphatic carbocycles. The quantitative estimate of drug-likeness (QED) is 0.404. The highest BCUT2D eigenvalue weighted by Crippen LogP contribution is 2.19. The van der Waals surface area contributed by atoms with Crippen molar-refractivity contribution in [1.82, 2.24) is 4.31 Å². The van der Waals surface area contributed by atoms with Gasteiger partial charge in [0.25, 0.3) is 5.91 Å². The zero-order valence-corrected chi connectivity index (χ0v) is 18.7. The van der Waals surface area contributed by atoms with E-state index >= 15 is 0 Å². The van der Waals surface area contributed by atoms with Gasteiger partial charge >= 0.3 is 5.97 Å². The molecule has 10 heteroatoms. The standard InChI is InChI=1S/C22H25FN2O6S/c1-3-25(4-2)32(29,30)19-7-5-6-18(14-19)24-21(27)15-31-22(28)13-12-20(26)16-8-10-17(23)11-9-16/h5-11,14H,3-4,12-13,15H2,1-2H3,(H,24,27). The van der Waals surface area contributed by atoms with Gasteiger partial charge < -0.3 is 10.1 Å². The van der Waals surface area contributed by atoms with E-state index in [2.05, 4.69) is 5.32 Å². The minimum Gasteiger partial charge on any atom is -0.456 e. The van der Waals surface area contributed by atoms with Crippen molar-refractivity contribution in [2.75, 3.05) is 25.0 Å². The molecule has 0 heterocycles. The van der Waals surface area contributed by atoms with Gasteiger partial charge in [-0.05, 0) is 42.5 Å². The van der Waals surface area contributed by atoms with E-state index in [0.29, 0.717) is 13.1 Å². The van der Waals surface area contributed by atoms with Crippen LogP contribution < -0.4 is 5.32 Å². The first-order chi connectivity index (χ1) is 15.2. The van der Waals surface area contributed by atoms with Gasteiger partial charge in [0, 0.05) is 30.8 Å². The number of benzene rings is 2. The summed E-state index contributed by atoms with van der Waals surface area (Å²) in [6.07, 6.45) is -0.377. The number of ether oxygens (including phenoxy) is 1. The summed E-state index contributed by atoms with van der Waals surface area (Å²) in [4.78, 5) is 35.9. The Labute approximate surface area is 186 Å². The van der Waals surface area contributed by atoms with Crippen LogP contribution in [0.5, 0.6) is 0 Å². The maximum absolute atomic E-state index is 12.9. The van der Waals surface area contributed by atoms with Crippen LogP contribution in [-0.2, 0) is 24.3 Å². The van der Waals surface area contributed by atoms with Crippen molar-refractivity contribution in [3.8, 4) is 0 Å². The topological polar surface area (TPSA) is 110 Å². The van der Waals surface area contributed by atoms with Crippen LogP contribution in [0.25, 0.3) is 0 Å². The number of sulfonamides is 1. The number of carbonyl (C=O) groups excluding carboxylic acids is 3. The van der Waals surface area contributed by atoms with Gasteiger partial charge in [-0.1, -0.05) is 19.9 Å².